The first kappa shape index (κ1) is 12.9. The first-order valence-electron chi connectivity index (χ1n) is 6.15. The Bertz CT molecular complexity index is 405. The SMILES string of the molecule is CC(C)(C)OC(=O)N1C(=O)NC2(CCCC2)C1=O. The van der Waals surface area contributed by atoms with Crippen LogP contribution < -0.4 is 5.32 Å². The molecule has 0 bridgehead atoms. The maximum Gasteiger partial charge on any atom is 0.425 e. The van der Waals surface area contributed by atoms with Crippen LogP contribution in [0.1, 0.15) is 46.5 Å². The fourth-order valence-corrected chi connectivity index (χ4v) is 2.41. The van der Waals surface area contributed by atoms with E-state index in [1.54, 1.807) is 20.8 Å². The van der Waals surface area contributed by atoms with Crippen molar-refractivity contribution in [2.24, 2.45) is 0 Å². The number of hydrogen-bond acceptors (Lipinski definition) is 4. The van der Waals surface area contributed by atoms with Gasteiger partial charge in [-0.25, -0.2) is 9.59 Å². The number of rotatable bonds is 0. The molecule has 1 aliphatic carbocycles. The van der Waals surface area contributed by atoms with Crippen LogP contribution in [0.2, 0.25) is 0 Å². The molecule has 0 radical (unpaired) electrons. The quantitative estimate of drug-likeness (QED) is 0.669. The topological polar surface area (TPSA) is 75.7 Å². The summed E-state index contributed by atoms with van der Waals surface area (Å²) in [5.41, 5.74) is -1.60. The molecule has 1 heterocycles. The Kier molecular flexibility index (Phi) is 2.83. The van der Waals surface area contributed by atoms with Crippen LogP contribution in [-0.4, -0.2) is 34.1 Å². The third kappa shape index (κ3) is 2.07. The lowest BCUT2D eigenvalue weighted by Crippen LogP contribution is -2.45. The van der Waals surface area contributed by atoms with Gasteiger partial charge in [0.15, 0.2) is 0 Å². The van der Waals surface area contributed by atoms with Gasteiger partial charge in [0.1, 0.15) is 11.1 Å². The molecule has 2 aliphatic rings. The number of ether oxygens (including phenoxy) is 1. The van der Waals surface area contributed by atoms with Crippen molar-refractivity contribution in [2.75, 3.05) is 0 Å². The molecule has 1 saturated heterocycles. The van der Waals surface area contributed by atoms with Crippen molar-refractivity contribution in [3.63, 3.8) is 0 Å². The Labute approximate surface area is 106 Å². The predicted molar refractivity (Wildman–Crippen MR) is 62.8 cm³/mol. The van der Waals surface area contributed by atoms with Gasteiger partial charge in [0.2, 0.25) is 0 Å². The van der Waals surface area contributed by atoms with E-state index in [4.69, 9.17) is 4.74 Å². The highest BCUT2D eigenvalue weighted by molar-refractivity contribution is 6.16. The third-order valence-electron chi connectivity index (χ3n) is 3.19. The largest absolute Gasteiger partial charge is 0.443 e. The number of urea groups is 1. The molecule has 4 amide bonds. The minimum absolute atomic E-state index is 0.473. The molecule has 0 aromatic heterocycles. The zero-order valence-electron chi connectivity index (χ0n) is 10.9. The Morgan fingerprint density at radius 1 is 1.28 bits per heavy atom. The molecule has 0 aromatic rings. The van der Waals surface area contributed by atoms with Crippen molar-refractivity contribution in [1.82, 2.24) is 10.2 Å². The van der Waals surface area contributed by atoms with Crippen molar-refractivity contribution < 1.29 is 19.1 Å². The number of nitrogens with zero attached hydrogens (tertiary/aromatic N) is 1. The number of carbonyl (C=O) groups excluding carboxylic acids is 3. The minimum Gasteiger partial charge on any atom is -0.443 e. The summed E-state index contributed by atoms with van der Waals surface area (Å²) in [5, 5.41) is 2.63. The normalized spacial score (nSPS) is 22.5. The molecule has 1 spiro atoms. The summed E-state index contributed by atoms with van der Waals surface area (Å²) in [6, 6.07) is -0.670. The number of carbonyl (C=O) groups is 3. The van der Waals surface area contributed by atoms with Crippen LogP contribution in [0.3, 0.4) is 0 Å². The zero-order chi connectivity index (χ0) is 13.6. The average Bonchev–Trinajstić information content (AvgIpc) is 2.72. The highest BCUT2D eigenvalue weighted by atomic mass is 16.6. The molecular formula is C12H18N2O4. The summed E-state index contributed by atoms with van der Waals surface area (Å²) in [5.74, 6) is -0.473. The zero-order valence-corrected chi connectivity index (χ0v) is 10.9. The van der Waals surface area contributed by atoms with Gasteiger partial charge in [-0.2, -0.15) is 4.90 Å². The van der Waals surface area contributed by atoms with E-state index < -0.39 is 29.2 Å². The lowest BCUT2D eigenvalue weighted by molar-refractivity contribution is -0.130. The van der Waals surface area contributed by atoms with Gasteiger partial charge >= 0.3 is 12.1 Å². The van der Waals surface area contributed by atoms with E-state index in [2.05, 4.69) is 5.32 Å². The van der Waals surface area contributed by atoms with E-state index in [1.165, 1.54) is 0 Å². The van der Waals surface area contributed by atoms with Gasteiger partial charge in [-0.3, -0.25) is 4.79 Å². The molecule has 0 atom stereocenters. The van der Waals surface area contributed by atoms with Crippen LogP contribution in [0.5, 0.6) is 0 Å². The summed E-state index contributed by atoms with van der Waals surface area (Å²) in [7, 11) is 0. The first-order chi connectivity index (χ1) is 8.25. The van der Waals surface area contributed by atoms with Crippen LogP contribution in [-0.2, 0) is 9.53 Å². The molecule has 0 unspecified atom stereocenters. The van der Waals surface area contributed by atoms with Crippen molar-refractivity contribution in [1.29, 1.82) is 0 Å². The lowest BCUT2D eigenvalue weighted by Gasteiger charge is -2.23. The number of hydrogen-bond donors (Lipinski definition) is 1. The van der Waals surface area contributed by atoms with E-state index in [-0.39, 0.29) is 0 Å². The van der Waals surface area contributed by atoms with Gasteiger partial charge in [-0.1, -0.05) is 12.8 Å². The second-order valence-corrected chi connectivity index (χ2v) is 5.84. The highest BCUT2D eigenvalue weighted by Crippen LogP contribution is 2.35. The van der Waals surface area contributed by atoms with Gasteiger partial charge in [-0.15, -0.1) is 0 Å². The maximum atomic E-state index is 12.2. The molecule has 6 heteroatoms. The summed E-state index contributed by atoms with van der Waals surface area (Å²) < 4.78 is 5.07. The average molecular weight is 254 g/mol. The van der Waals surface area contributed by atoms with Crippen LogP contribution in [0, 0.1) is 0 Å². The fraction of sp³-hybridized carbons (Fsp3) is 0.750. The van der Waals surface area contributed by atoms with Gasteiger partial charge in [0.25, 0.3) is 5.91 Å². The Morgan fingerprint density at radius 2 is 1.83 bits per heavy atom. The van der Waals surface area contributed by atoms with Crippen molar-refractivity contribution >= 4 is 18.0 Å². The molecule has 2 fully saturated rings. The molecule has 1 N–H and O–H groups in total. The smallest absolute Gasteiger partial charge is 0.425 e. The Balaban J connectivity index is 2.17. The second-order valence-electron chi connectivity index (χ2n) is 5.84. The molecule has 2 rings (SSSR count). The standard InChI is InChI=1S/C12H18N2O4/c1-11(2,3)18-10(17)14-8(15)12(13-9(14)16)6-4-5-7-12/h4-7H2,1-3H3,(H,13,16). The molecule has 0 aromatic carbocycles. The lowest BCUT2D eigenvalue weighted by atomic mass is 9.98. The number of nitrogens with one attached hydrogen (secondary N) is 1. The second kappa shape index (κ2) is 3.96. The summed E-state index contributed by atoms with van der Waals surface area (Å²) in [4.78, 5) is 36.4. The van der Waals surface area contributed by atoms with Crippen LogP contribution in [0.4, 0.5) is 9.59 Å². The summed E-state index contributed by atoms with van der Waals surface area (Å²) in [6.07, 6.45) is 2.06. The van der Waals surface area contributed by atoms with E-state index in [1.807, 2.05) is 0 Å². The van der Waals surface area contributed by atoms with Crippen molar-refractivity contribution in [3.05, 3.63) is 0 Å². The summed E-state index contributed by atoms with van der Waals surface area (Å²) in [6.45, 7) is 5.07. The Morgan fingerprint density at radius 3 is 2.33 bits per heavy atom. The van der Waals surface area contributed by atoms with Crippen LogP contribution in [0.15, 0.2) is 0 Å². The molecular weight excluding hydrogens is 236 g/mol. The Hall–Kier alpha value is -1.59. The van der Waals surface area contributed by atoms with Gasteiger partial charge in [0.05, 0.1) is 0 Å². The van der Waals surface area contributed by atoms with E-state index in [9.17, 15) is 14.4 Å². The summed E-state index contributed by atoms with van der Waals surface area (Å²) >= 11 is 0. The van der Waals surface area contributed by atoms with E-state index in [0.717, 1.165) is 12.8 Å². The molecule has 1 saturated carbocycles. The number of amides is 4. The number of imide groups is 3. The van der Waals surface area contributed by atoms with Gasteiger partial charge in [-0.05, 0) is 33.6 Å². The van der Waals surface area contributed by atoms with Gasteiger partial charge in [0, 0.05) is 0 Å². The van der Waals surface area contributed by atoms with Gasteiger partial charge < -0.3 is 10.1 Å². The fourth-order valence-electron chi connectivity index (χ4n) is 2.41. The minimum atomic E-state index is -0.895. The molecule has 18 heavy (non-hydrogen) atoms. The van der Waals surface area contributed by atoms with Crippen LogP contribution in [0.25, 0.3) is 0 Å². The van der Waals surface area contributed by atoms with Crippen molar-refractivity contribution in [2.45, 2.75) is 57.6 Å². The molecule has 1 aliphatic heterocycles. The first-order valence-corrected chi connectivity index (χ1v) is 6.15. The van der Waals surface area contributed by atoms with Crippen LogP contribution >= 0.6 is 0 Å². The molecule has 100 valence electrons. The van der Waals surface area contributed by atoms with Crippen molar-refractivity contribution in [3.8, 4) is 0 Å². The van der Waals surface area contributed by atoms with E-state index in [0.29, 0.717) is 17.7 Å². The molecule has 6 nitrogen and oxygen atoms in total. The van der Waals surface area contributed by atoms with E-state index >= 15 is 0 Å². The highest BCUT2D eigenvalue weighted by Gasteiger charge is 2.55. The third-order valence-corrected chi connectivity index (χ3v) is 3.19. The monoisotopic (exact) mass is 254 g/mol. The maximum absolute atomic E-state index is 12.2. The predicted octanol–water partition coefficient (Wildman–Crippen LogP) is 1.79.